The van der Waals surface area contributed by atoms with Gasteiger partial charge in [0.15, 0.2) is 5.82 Å². The van der Waals surface area contributed by atoms with Crippen molar-refractivity contribution in [2.45, 2.75) is 6.54 Å². The van der Waals surface area contributed by atoms with Crippen LogP contribution in [0, 0.1) is 11.3 Å². The Balaban J connectivity index is 1.51. The normalized spacial score (nSPS) is 10.4. The second-order valence-electron chi connectivity index (χ2n) is 6.05. The SMILES string of the molecule is N#Cc1cccc(NC(=O)c2cccn2Cc2noc(-c3ccccc3)n2)c1. The first kappa shape index (κ1) is 17.2. The highest BCUT2D eigenvalue weighted by Gasteiger charge is 2.14. The van der Waals surface area contributed by atoms with E-state index in [0.717, 1.165) is 5.56 Å². The third-order valence-electron chi connectivity index (χ3n) is 4.11. The van der Waals surface area contributed by atoms with E-state index in [1.807, 2.05) is 30.3 Å². The second-order valence-corrected chi connectivity index (χ2v) is 6.05. The molecule has 1 N–H and O–H groups in total. The third kappa shape index (κ3) is 3.66. The van der Waals surface area contributed by atoms with Crippen LogP contribution in [0.5, 0.6) is 0 Å². The standard InChI is InChI=1S/C21H15N5O2/c22-13-15-6-4-9-17(12-15)23-20(27)18-10-5-11-26(18)14-19-24-21(28-25-19)16-7-2-1-3-8-16/h1-12H,14H2,(H,23,27). The zero-order valence-corrected chi connectivity index (χ0v) is 14.7. The van der Waals surface area contributed by atoms with Gasteiger partial charge in [-0.3, -0.25) is 4.79 Å². The van der Waals surface area contributed by atoms with Gasteiger partial charge in [-0.1, -0.05) is 29.4 Å². The van der Waals surface area contributed by atoms with E-state index in [1.165, 1.54) is 0 Å². The van der Waals surface area contributed by atoms with Gasteiger partial charge in [-0.05, 0) is 42.5 Å². The lowest BCUT2D eigenvalue weighted by Crippen LogP contribution is -2.17. The second kappa shape index (κ2) is 7.60. The molecule has 0 atom stereocenters. The molecule has 0 saturated carbocycles. The van der Waals surface area contributed by atoms with Gasteiger partial charge >= 0.3 is 0 Å². The molecule has 28 heavy (non-hydrogen) atoms. The van der Waals surface area contributed by atoms with Crippen LogP contribution in [0.2, 0.25) is 0 Å². The van der Waals surface area contributed by atoms with E-state index in [2.05, 4.69) is 21.5 Å². The van der Waals surface area contributed by atoms with Gasteiger partial charge in [0.2, 0.25) is 0 Å². The van der Waals surface area contributed by atoms with E-state index >= 15 is 0 Å². The number of amides is 1. The fourth-order valence-corrected chi connectivity index (χ4v) is 2.79. The smallest absolute Gasteiger partial charge is 0.272 e. The first-order valence-corrected chi connectivity index (χ1v) is 8.57. The maximum atomic E-state index is 12.6. The van der Waals surface area contributed by atoms with Crippen LogP contribution in [0.4, 0.5) is 5.69 Å². The molecule has 2 aromatic carbocycles. The Morgan fingerprint density at radius 3 is 2.79 bits per heavy atom. The zero-order valence-electron chi connectivity index (χ0n) is 14.7. The molecule has 0 aliphatic rings. The van der Waals surface area contributed by atoms with Crippen LogP contribution < -0.4 is 5.32 Å². The molecular formula is C21H15N5O2. The Bertz CT molecular complexity index is 1150. The average Bonchev–Trinajstić information content (AvgIpc) is 3.39. The van der Waals surface area contributed by atoms with Gasteiger partial charge in [0.05, 0.1) is 18.2 Å². The lowest BCUT2D eigenvalue weighted by Gasteiger charge is -2.08. The van der Waals surface area contributed by atoms with Crippen LogP contribution in [-0.2, 0) is 6.54 Å². The highest BCUT2D eigenvalue weighted by atomic mass is 16.5. The van der Waals surface area contributed by atoms with Crippen molar-refractivity contribution in [1.29, 1.82) is 5.26 Å². The van der Waals surface area contributed by atoms with Crippen LogP contribution in [-0.4, -0.2) is 20.6 Å². The van der Waals surface area contributed by atoms with Crippen molar-refractivity contribution in [3.8, 4) is 17.5 Å². The van der Waals surface area contributed by atoms with Gasteiger partial charge in [-0.2, -0.15) is 10.2 Å². The molecule has 0 saturated heterocycles. The third-order valence-corrected chi connectivity index (χ3v) is 4.11. The van der Waals surface area contributed by atoms with Gasteiger partial charge in [-0.15, -0.1) is 0 Å². The summed E-state index contributed by atoms with van der Waals surface area (Å²) in [6.45, 7) is 0.296. The number of nitrogens with zero attached hydrogens (tertiary/aromatic N) is 4. The van der Waals surface area contributed by atoms with Crippen molar-refractivity contribution in [3.63, 3.8) is 0 Å². The predicted octanol–water partition coefficient (Wildman–Crippen LogP) is 3.71. The Hall–Kier alpha value is -4.18. The summed E-state index contributed by atoms with van der Waals surface area (Å²) in [5.41, 5.74) is 2.33. The van der Waals surface area contributed by atoms with Crippen molar-refractivity contribution >= 4 is 11.6 Å². The number of hydrogen-bond acceptors (Lipinski definition) is 5. The summed E-state index contributed by atoms with van der Waals surface area (Å²) < 4.78 is 7.05. The minimum atomic E-state index is -0.285. The largest absolute Gasteiger partial charge is 0.336 e. The van der Waals surface area contributed by atoms with Crippen molar-refractivity contribution < 1.29 is 9.32 Å². The number of carbonyl (C=O) groups is 1. The summed E-state index contributed by atoms with van der Waals surface area (Å²) in [6, 6.07) is 21.8. The number of benzene rings is 2. The van der Waals surface area contributed by atoms with Crippen molar-refractivity contribution in [3.05, 3.63) is 90.0 Å². The van der Waals surface area contributed by atoms with Gasteiger partial charge in [-0.25, -0.2) is 0 Å². The van der Waals surface area contributed by atoms with E-state index in [-0.39, 0.29) is 5.91 Å². The zero-order chi connectivity index (χ0) is 19.3. The topological polar surface area (TPSA) is 96.7 Å². The summed E-state index contributed by atoms with van der Waals surface area (Å²) in [4.78, 5) is 17.0. The Kier molecular flexibility index (Phi) is 4.68. The summed E-state index contributed by atoms with van der Waals surface area (Å²) in [5.74, 6) is 0.615. The number of anilines is 1. The number of hydrogen-bond donors (Lipinski definition) is 1. The molecule has 0 aliphatic heterocycles. The van der Waals surface area contributed by atoms with Crippen molar-refractivity contribution in [1.82, 2.24) is 14.7 Å². The van der Waals surface area contributed by atoms with Crippen LogP contribution in [0.25, 0.3) is 11.5 Å². The summed E-state index contributed by atoms with van der Waals surface area (Å²) in [7, 11) is 0. The molecule has 2 aromatic heterocycles. The minimum Gasteiger partial charge on any atom is -0.336 e. The van der Waals surface area contributed by atoms with Crippen molar-refractivity contribution in [2.75, 3.05) is 5.32 Å². The van der Waals surface area contributed by atoms with E-state index in [0.29, 0.717) is 35.2 Å². The molecule has 0 unspecified atom stereocenters. The molecule has 136 valence electrons. The Morgan fingerprint density at radius 2 is 1.96 bits per heavy atom. The molecular weight excluding hydrogens is 354 g/mol. The van der Waals surface area contributed by atoms with Gasteiger partial charge in [0, 0.05) is 17.4 Å². The van der Waals surface area contributed by atoms with Crippen molar-refractivity contribution in [2.24, 2.45) is 0 Å². The lowest BCUT2D eigenvalue weighted by atomic mass is 10.2. The fourth-order valence-electron chi connectivity index (χ4n) is 2.79. The lowest BCUT2D eigenvalue weighted by molar-refractivity contribution is 0.101. The monoisotopic (exact) mass is 369 g/mol. The summed E-state index contributed by atoms with van der Waals surface area (Å²) in [5, 5.41) is 15.8. The molecule has 4 aromatic rings. The number of aromatic nitrogens is 3. The van der Waals surface area contributed by atoms with Crippen LogP contribution in [0.1, 0.15) is 21.9 Å². The maximum absolute atomic E-state index is 12.6. The highest BCUT2D eigenvalue weighted by Crippen LogP contribution is 2.17. The predicted molar refractivity (Wildman–Crippen MR) is 102 cm³/mol. The molecule has 7 heteroatoms. The maximum Gasteiger partial charge on any atom is 0.272 e. The molecule has 4 rings (SSSR count). The Labute approximate surface area is 160 Å². The van der Waals surface area contributed by atoms with Crippen LogP contribution >= 0.6 is 0 Å². The van der Waals surface area contributed by atoms with E-state index < -0.39 is 0 Å². The van der Waals surface area contributed by atoms with Gasteiger partial charge in [0.25, 0.3) is 11.8 Å². The highest BCUT2D eigenvalue weighted by molar-refractivity contribution is 6.03. The first-order chi connectivity index (χ1) is 13.7. The van der Waals surface area contributed by atoms with E-state index in [1.54, 1.807) is 47.2 Å². The first-order valence-electron chi connectivity index (χ1n) is 8.57. The molecule has 0 spiro atoms. The molecule has 1 amide bonds. The summed E-state index contributed by atoms with van der Waals surface area (Å²) >= 11 is 0. The number of rotatable bonds is 5. The van der Waals surface area contributed by atoms with E-state index in [9.17, 15) is 4.79 Å². The van der Waals surface area contributed by atoms with Crippen LogP contribution in [0.15, 0.2) is 77.4 Å². The molecule has 0 bridgehead atoms. The molecule has 7 nitrogen and oxygen atoms in total. The molecule has 0 aliphatic carbocycles. The number of nitriles is 1. The quantitative estimate of drug-likeness (QED) is 0.578. The molecule has 2 heterocycles. The Morgan fingerprint density at radius 1 is 1.11 bits per heavy atom. The van der Waals surface area contributed by atoms with Gasteiger partial charge < -0.3 is 14.4 Å². The van der Waals surface area contributed by atoms with Gasteiger partial charge in [0.1, 0.15) is 5.69 Å². The number of nitrogens with one attached hydrogen (secondary N) is 1. The fraction of sp³-hybridized carbons (Fsp3) is 0.0476. The molecule has 0 radical (unpaired) electrons. The minimum absolute atomic E-state index is 0.285. The molecule has 0 fully saturated rings. The summed E-state index contributed by atoms with van der Waals surface area (Å²) in [6.07, 6.45) is 1.78. The van der Waals surface area contributed by atoms with Crippen LogP contribution in [0.3, 0.4) is 0 Å². The number of carbonyl (C=O) groups excluding carboxylic acids is 1. The van der Waals surface area contributed by atoms with E-state index in [4.69, 9.17) is 9.78 Å². The average molecular weight is 369 g/mol.